The van der Waals surface area contributed by atoms with E-state index in [4.69, 9.17) is 5.73 Å². The van der Waals surface area contributed by atoms with Crippen LogP contribution in [0.15, 0.2) is 0 Å². The summed E-state index contributed by atoms with van der Waals surface area (Å²) in [6.07, 6.45) is 1.77. The first-order chi connectivity index (χ1) is 6.96. The van der Waals surface area contributed by atoms with Gasteiger partial charge in [0.05, 0.1) is 11.8 Å². The molecular formula is C11H18N2O2. The Hall–Kier alpha value is -0.900. The molecule has 2 fully saturated rings. The van der Waals surface area contributed by atoms with Gasteiger partial charge in [-0.3, -0.25) is 14.5 Å². The summed E-state index contributed by atoms with van der Waals surface area (Å²) in [6.45, 7) is 4.91. The molecule has 0 aromatic heterocycles. The van der Waals surface area contributed by atoms with Crippen molar-refractivity contribution in [3.05, 3.63) is 0 Å². The first-order valence-corrected chi connectivity index (χ1v) is 5.51. The smallest absolute Gasteiger partial charge is 0.233 e. The van der Waals surface area contributed by atoms with Crippen molar-refractivity contribution in [2.75, 3.05) is 13.1 Å². The molecule has 4 heteroatoms. The SMILES string of the molecule is CC(C)(CN)CN1C(=O)C2CCC2C1=O. The van der Waals surface area contributed by atoms with Crippen molar-refractivity contribution in [3.8, 4) is 0 Å². The van der Waals surface area contributed by atoms with Gasteiger partial charge < -0.3 is 5.73 Å². The third kappa shape index (κ3) is 1.57. The Balaban J connectivity index is 2.10. The summed E-state index contributed by atoms with van der Waals surface area (Å²) in [5.41, 5.74) is 5.44. The molecule has 84 valence electrons. The van der Waals surface area contributed by atoms with Crippen molar-refractivity contribution in [3.63, 3.8) is 0 Å². The number of nitrogens with zero attached hydrogens (tertiary/aromatic N) is 1. The zero-order chi connectivity index (χ0) is 11.2. The van der Waals surface area contributed by atoms with E-state index in [1.165, 1.54) is 4.90 Å². The van der Waals surface area contributed by atoms with Gasteiger partial charge in [0, 0.05) is 6.54 Å². The van der Waals surface area contributed by atoms with Crippen LogP contribution in [0.1, 0.15) is 26.7 Å². The molecule has 2 unspecified atom stereocenters. The minimum absolute atomic E-state index is 0.00826. The van der Waals surface area contributed by atoms with E-state index in [1.807, 2.05) is 13.8 Å². The number of carbonyl (C=O) groups excluding carboxylic acids is 2. The second-order valence-electron chi connectivity index (χ2n) is 5.42. The zero-order valence-electron chi connectivity index (χ0n) is 9.32. The van der Waals surface area contributed by atoms with Crippen molar-refractivity contribution >= 4 is 11.8 Å². The monoisotopic (exact) mass is 210 g/mol. The van der Waals surface area contributed by atoms with Gasteiger partial charge in [-0.1, -0.05) is 13.8 Å². The number of rotatable bonds is 3. The van der Waals surface area contributed by atoms with E-state index in [0.717, 1.165) is 12.8 Å². The molecule has 1 saturated carbocycles. The second kappa shape index (κ2) is 3.30. The minimum atomic E-state index is -0.172. The summed E-state index contributed by atoms with van der Waals surface area (Å²) >= 11 is 0. The maximum absolute atomic E-state index is 11.8. The Labute approximate surface area is 89.8 Å². The molecule has 2 amide bonds. The molecule has 2 atom stereocenters. The predicted molar refractivity (Wildman–Crippen MR) is 55.8 cm³/mol. The van der Waals surface area contributed by atoms with Crippen molar-refractivity contribution in [1.29, 1.82) is 0 Å². The lowest BCUT2D eigenvalue weighted by atomic mass is 9.76. The van der Waals surface area contributed by atoms with Gasteiger partial charge in [-0.25, -0.2) is 0 Å². The van der Waals surface area contributed by atoms with Crippen molar-refractivity contribution in [1.82, 2.24) is 4.90 Å². The van der Waals surface area contributed by atoms with Crippen LogP contribution in [0.25, 0.3) is 0 Å². The van der Waals surface area contributed by atoms with Gasteiger partial charge in [0.15, 0.2) is 0 Å². The van der Waals surface area contributed by atoms with Gasteiger partial charge in [-0.05, 0) is 24.8 Å². The van der Waals surface area contributed by atoms with Gasteiger partial charge >= 0.3 is 0 Å². The van der Waals surface area contributed by atoms with E-state index in [1.54, 1.807) is 0 Å². The van der Waals surface area contributed by atoms with Crippen LogP contribution in [0.2, 0.25) is 0 Å². The summed E-state index contributed by atoms with van der Waals surface area (Å²) in [4.78, 5) is 25.1. The van der Waals surface area contributed by atoms with Crippen molar-refractivity contribution in [2.24, 2.45) is 23.0 Å². The molecule has 0 bridgehead atoms. The topological polar surface area (TPSA) is 63.4 Å². The van der Waals surface area contributed by atoms with Gasteiger partial charge in [0.25, 0.3) is 0 Å². The fraction of sp³-hybridized carbons (Fsp3) is 0.818. The molecule has 15 heavy (non-hydrogen) atoms. The van der Waals surface area contributed by atoms with Crippen molar-refractivity contribution < 1.29 is 9.59 Å². The Bertz CT molecular complexity index is 290. The summed E-state index contributed by atoms with van der Waals surface area (Å²) in [6, 6.07) is 0. The third-order valence-corrected chi connectivity index (χ3v) is 3.58. The fourth-order valence-electron chi connectivity index (χ4n) is 2.25. The Morgan fingerprint density at radius 2 is 1.73 bits per heavy atom. The highest BCUT2D eigenvalue weighted by Gasteiger charge is 2.53. The maximum Gasteiger partial charge on any atom is 0.233 e. The number of fused-ring (bicyclic) bond motifs is 1. The highest BCUT2D eigenvalue weighted by Crippen LogP contribution is 2.43. The lowest BCUT2D eigenvalue weighted by Gasteiger charge is -2.27. The largest absolute Gasteiger partial charge is 0.330 e. The first-order valence-electron chi connectivity index (χ1n) is 5.51. The molecule has 1 aliphatic heterocycles. The van der Waals surface area contributed by atoms with Crippen LogP contribution in [0, 0.1) is 17.3 Å². The maximum atomic E-state index is 11.8. The summed E-state index contributed by atoms with van der Waals surface area (Å²) in [5.74, 6) is 0.0349. The van der Waals surface area contributed by atoms with Crippen molar-refractivity contribution in [2.45, 2.75) is 26.7 Å². The van der Waals surface area contributed by atoms with Crippen LogP contribution in [-0.4, -0.2) is 29.8 Å². The third-order valence-electron chi connectivity index (χ3n) is 3.58. The molecule has 1 saturated heterocycles. The second-order valence-corrected chi connectivity index (χ2v) is 5.42. The van der Waals surface area contributed by atoms with Gasteiger partial charge in [0.1, 0.15) is 0 Å². The summed E-state index contributed by atoms with van der Waals surface area (Å²) in [7, 11) is 0. The number of likely N-dealkylation sites (tertiary alicyclic amines) is 1. The highest BCUT2D eigenvalue weighted by atomic mass is 16.2. The van der Waals surface area contributed by atoms with E-state index in [2.05, 4.69) is 0 Å². The normalized spacial score (nSPS) is 30.5. The quantitative estimate of drug-likeness (QED) is 0.684. The lowest BCUT2D eigenvalue weighted by molar-refractivity contribution is -0.140. The van der Waals surface area contributed by atoms with Crippen LogP contribution >= 0.6 is 0 Å². The number of hydrogen-bond acceptors (Lipinski definition) is 3. The average molecular weight is 210 g/mol. The molecule has 0 spiro atoms. The van der Waals surface area contributed by atoms with E-state index in [0.29, 0.717) is 13.1 Å². The van der Waals surface area contributed by atoms with Crippen LogP contribution in [0.3, 0.4) is 0 Å². The number of nitrogens with two attached hydrogens (primary N) is 1. The Morgan fingerprint density at radius 1 is 1.27 bits per heavy atom. The molecule has 1 aliphatic carbocycles. The number of imide groups is 1. The zero-order valence-corrected chi connectivity index (χ0v) is 9.32. The van der Waals surface area contributed by atoms with E-state index in [-0.39, 0.29) is 29.1 Å². The minimum Gasteiger partial charge on any atom is -0.330 e. The predicted octanol–water partition coefficient (Wildman–Crippen LogP) is 0.366. The van der Waals surface area contributed by atoms with Crippen LogP contribution in [-0.2, 0) is 9.59 Å². The molecule has 2 N–H and O–H groups in total. The number of carbonyl (C=O) groups is 2. The standard InChI is InChI=1S/C11H18N2O2/c1-11(2,5-12)6-13-9(14)7-3-4-8(7)10(13)15/h7-8H,3-6,12H2,1-2H3. The Kier molecular flexibility index (Phi) is 2.34. The molecule has 2 aliphatic rings. The highest BCUT2D eigenvalue weighted by molar-refractivity contribution is 6.06. The summed E-state index contributed by atoms with van der Waals surface area (Å²) in [5, 5.41) is 0. The average Bonchev–Trinajstić information content (AvgIpc) is 2.25. The molecule has 2 rings (SSSR count). The van der Waals surface area contributed by atoms with Crippen LogP contribution in [0.4, 0.5) is 0 Å². The molecule has 4 nitrogen and oxygen atoms in total. The van der Waals surface area contributed by atoms with E-state index < -0.39 is 0 Å². The molecule has 0 aromatic carbocycles. The lowest BCUT2D eigenvalue weighted by Crippen LogP contribution is -2.42. The molecule has 1 heterocycles. The Morgan fingerprint density at radius 3 is 2.07 bits per heavy atom. The van der Waals surface area contributed by atoms with E-state index in [9.17, 15) is 9.59 Å². The summed E-state index contributed by atoms with van der Waals surface area (Å²) < 4.78 is 0. The molecule has 0 radical (unpaired) electrons. The van der Waals surface area contributed by atoms with Gasteiger partial charge in [-0.2, -0.15) is 0 Å². The first kappa shape index (κ1) is 10.6. The van der Waals surface area contributed by atoms with Crippen LogP contribution < -0.4 is 5.73 Å². The van der Waals surface area contributed by atoms with Gasteiger partial charge in [0.2, 0.25) is 11.8 Å². The fourth-order valence-corrected chi connectivity index (χ4v) is 2.25. The van der Waals surface area contributed by atoms with E-state index >= 15 is 0 Å². The number of hydrogen-bond donors (Lipinski definition) is 1. The molecular weight excluding hydrogens is 192 g/mol. The molecule has 0 aromatic rings. The number of amides is 2. The van der Waals surface area contributed by atoms with Gasteiger partial charge in [-0.15, -0.1) is 0 Å². The van der Waals surface area contributed by atoms with Crippen LogP contribution in [0.5, 0.6) is 0 Å².